The maximum absolute atomic E-state index is 14.1. The Kier molecular flexibility index (Phi) is 45.2. The summed E-state index contributed by atoms with van der Waals surface area (Å²) in [6.45, 7) is -3.32. The Hall–Kier alpha value is 1.09. The Bertz CT molecular complexity index is 2060. The normalized spacial score (nSPS) is 38.2. The summed E-state index contributed by atoms with van der Waals surface area (Å²) in [6, 6.07) is -5.54. The van der Waals surface area contributed by atoms with E-state index in [1.807, 2.05) is 27.7 Å². The second-order valence-corrected chi connectivity index (χ2v) is 27.3. The van der Waals surface area contributed by atoms with Gasteiger partial charge in [0.15, 0.2) is 6.80 Å². The number of rotatable bonds is 34. The molecular formula is C49H90B6F2O27P3S3-3. The summed E-state index contributed by atoms with van der Waals surface area (Å²) >= 11 is 14.9. The van der Waals surface area contributed by atoms with Gasteiger partial charge in [-0.15, -0.1) is 0 Å². The molecule has 12 radical (unpaired) electrons. The van der Waals surface area contributed by atoms with E-state index in [4.69, 9.17) is 195 Å². The van der Waals surface area contributed by atoms with Crippen molar-refractivity contribution in [1.82, 2.24) is 0 Å². The number of hydrogen-bond acceptors (Lipinski definition) is 30. The average Bonchev–Trinajstić information content (AvgIpc) is 2.87. The van der Waals surface area contributed by atoms with Crippen molar-refractivity contribution in [2.45, 2.75) is 181 Å². The van der Waals surface area contributed by atoms with Crippen LogP contribution in [0.5, 0.6) is 0 Å². The Morgan fingerprint density at radius 3 is 1.04 bits per heavy atom. The molecule has 0 aliphatic carbocycles. The lowest BCUT2D eigenvalue weighted by Crippen LogP contribution is -2.41. The molecule has 6 aliphatic rings. The summed E-state index contributed by atoms with van der Waals surface area (Å²) in [7, 11) is 49.3. The van der Waals surface area contributed by atoms with Crippen LogP contribution in [-0.2, 0) is 153 Å². The van der Waals surface area contributed by atoms with Crippen molar-refractivity contribution in [3.63, 3.8) is 0 Å². The van der Waals surface area contributed by atoms with E-state index >= 15 is 0 Å². The molecule has 0 N–H and O–H groups in total. The second-order valence-electron chi connectivity index (χ2n) is 19.2. The first kappa shape index (κ1) is 89.1. The topological polar surface area (TPSA) is 285 Å². The third kappa shape index (κ3) is 27.3. The van der Waals surface area contributed by atoms with Crippen LogP contribution in [0.2, 0.25) is 0 Å². The Morgan fingerprint density at radius 1 is 0.389 bits per heavy atom. The van der Waals surface area contributed by atoms with Gasteiger partial charge in [0.25, 0.3) is 0 Å². The van der Waals surface area contributed by atoms with Gasteiger partial charge in [0.2, 0.25) is 0 Å². The van der Waals surface area contributed by atoms with E-state index in [0.717, 1.165) is 0 Å². The van der Waals surface area contributed by atoms with Gasteiger partial charge in [0.1, 0.15) is 171 Å². The van der Waals surface area contributed by atoms with Gasteiger partial charge in [0.05, 0.1) is 78.1 Å². The van der Waals surface area contributed by atoms with Gasteiger partial charge in [-0.25, -0.2) is 8.78 Å². The lowest BCUT2D eigenvalue weighted by atomic mass is 9.93. The van der Waals surface area contributed by atoms with Gasteiger partial charge < -0.3 is 134 Å². The monoisotopic (exact) mass is 1400 g/mol. The van der Waals surface area contributed by atoms with Gasteiger partial charge in [-0.05, 0) is 0 Å². The molecule has 6 fully saturated rings. The van der Waals surface area contributed by atoms with E-state index in [0.29, 0.717) is 19.8 Å². The highest BCUT2D eigenvalue weighted by Gasteiger charge is 2.50. The van der Waals surface area contributed by atoms with E-state index < -0.39 is 173 Å². The molecule has 0 spiro atoms. The predicted molar refractivity (Wildman–Crippen MR) is 335 cm³/mol. The molecule has 6 aliphatic heterocycles. The van der Waals surface area contributed by atoms with Crippen LogP contribution in [0.3, 0.4) is 0 Å². The van der Waals surface area contributed by atoms with Crippen molar-refractivity contribution >= 4 is 103 Å². The van der Waals surface area contributed by atoms with E-state index in [2.05, 4.69) is 0 Å². The number of alkyl halides is 2. The minimum atomic E-state index is -4.14. The van der Waals surface area contributed by atoms with Crippen LogP contribution in [0.1, 0.15) is 35.1 Å². The maximum Gasteiger partial charge on any atom is 0.200 e. The zero-order valence-corrected chi connectivity index (χ0v) is 57.9. The minimum Gasteiger partial charge on any atom is -0.780 e. The fourth-order valence-electron chi connectivity index (χ4n) is 9.53. The molecule has 27 nitrogen and oxygen atoms in total. The van der Waals surface area contributed by atoms with E-state index in [1.165, 1.54) is 56.9 Å². The number of halogens is 2. The van der Waals surface area contributed by atoms with Gasteiger partial charge in [-0.3, -0.25) is 4.57 Å². The fourth-order valence-corrected chi connectivity index (χ4v) is 13.8. The van der Waals surface area contributed by atoms with Crippen molar-refractivity contribution in [1.29, 1.82) is 0 Å². The molecule has 41 heteroatoms. The van der Waals surface area contributed by atoms with Crippen LogP contribution < -0.4 is 9.79 Å². The SMILES string of the molecule is C.CC.CC.[B][C@@H]1O[C@H](COP(=O)([S-])OC2[C@@H](COC)O[C@@H]([B])[C@H]2OC)C(OC)[C@@H]1OC.[B][C@@H]1O[C@H](COP([O-])(=S)OC2[C@@H](COC)O[C@@H]([B])[C@H]2F)C(OC)[C@@H]1F.[B][C@@H]1O[C@H](COP([O-])(=S)OC2[C@@H](COC)O[C@@H]([B])[C@H]2OCCOC)C(OC)[C@@H]1OCCOC. The molecule has 6 saturated heterocycles. The average molecular weight is 1400 g/mol. The molecule has 0 aromatic heterocycles. The first-order valence-corrected chi connectivity index (χ1v) is 35.9. The zero-order valence-electron chi connectivity index (χ0n) is 52.7. The van der Waals surface area contributed by atoms with Crippen LogP contribution in [0.15, 0.2) is 0 Å². The molecule has 9 unspecified atom stereocenters. The highest BCUT2D eigenvalue weighted by atomic mass is 32.7. The molecule has 0 aromatic rings. The quantitative estimate of drug-likeness (QED) is 0.0349. The predicted octanol–water partition coefficient (Wildman–Crippen LogP) is -0.208. The van der Waals surface area contributed by atoms with Crippen LogP contribution in [0, 0.1) is 0 Å². The molecule has 6 heterocycles. The fraction of sp³-hybridized carbons (Fsp3) is 1.00. The Labute approximate surface area is 554 Å². The summed E-state index contributed by atoms with van der Waals surface area (Å²) < 4.78 is 168. The molecular weight excluding hydrogens is 1310 g/mol. The third-order valence-corrected chi connectivity index (χ3v) is 18.2. The van der Waals surface area contributed by atoms with Crippen molar-refractivity contribution < 1.29 is 136 Å². The molecule has 0 saturated carbocycles. The summed E-state index contributed by atoms with van der Waals surface area (Å²) in [4.78, 5) is 25.3. The van der Waals surface area contributed by atoms with Gasteiger partial charge in [-0.2, -0.15) is 0 Å². The molecule has 27 atom stereocenters. The van der Waals surface area contributed by atoms with Gasteiger partial charge in [0, 0.05) is 95.1 Å². The Balaban J connectivity index is 0.000000659. The van der Waals surface area contributed by atoms with Crippen LogP contribution in [0.25, 0.3) is 0 Å². The molecule has 0 bridgehead atoms. The van der Waals surface area contributed by atoms with Crippen molar-refractivity contribution in [3.05, 3.63) is 0 Å². The van der Waals surface area contributed by atoms with Crippen molar-refractivity contribution in [2.24, 2.45) is 0 Å². The Morgan fingerprint density at radius 2 is 0.667 bits per heavy atom. The molecule has 0 amide bonds. The standard InChI is InChI=1S/C18H33B2O11PS.C14H25B2O9PS.C12H19B2F2O7PS.2C2H6.CH4/c1-22-5-7-26-15-13(25-4)12(30-17(15)19)10-28-32(21,33)31-14-11(9-24-3)29-18(20)16(14)27-8-6-23-2;1-18-5-7-10(12(21-4)14(16)23-7)25-26(17,27)22-6-8-9(19-2)11(20-3)13(15)24-8;1-18-3-5-10(8(16)12(14)21-5)23-24(17,25)20-4-6-9(19-2)7(15)11(13)22-6;2*1-2;/h11-18H,5-10H2,1-4H3,(H,21,33);7-14H,5-6H2,1-4H3,(H,17,27);5-12H,3-4H2,1-2H3,(H,17,25);2*1-2H3;1H4/p-3/t11-,12-,13?,14?,15+,16+,17-,18-,32?;7-,8-,9?,10?,11+,12+,13-,14-,26?;5-,6-,7+,8+,9?,10?,11-,12-,24?;;;/m111.../s1. The number of ether oxygens (including phenoxy) is 18. The molecule has 6 rings (SSSR count). The van der Waals surface area contributed by atoms with Crippen molar-refractivity contribution in [3.8, 4) is 0 Å². The number of hydrogen-bond donors (Lipinski definition) is 0. The summed E-state index contributed by atoms with van der Waals surface area (Å²) in [6.07, 6.45) is -15.3. The van der Waals surface area contributed by atoms with Crippen LogP contribution in [-0.4, -0.2) is 330 Å². The maximum atomic E-state index is 14.1. The first-order chi connectivity index (χ1) is 42.2. The minimum absolute atomic E-state index is 0. The summed E-state index contributed by atoms with van der Waals surface area (Å²) in [5.41, 5.74) is 0. The van der Waals surface area contributed by atoms with Crippen LogP contribution in [0.4, 0.5) is 8.78 Å². The summed E-state index contributed by atoms with van der Waals surface area (Å²) in [5, 5.41) is 0. The highest BCUT2D eigenvalue weighted by molar-refractivity contribution is 8.32. The van der Waals surface area contributed by atoms with Gasteiger partial charge >= 0.3 is 0 Å². The highest BCUT2D eigenvalue weighted by Crippen LogP contribution is 2.51. The van der Waals surface area contributed by atoms with Crippen molar-refractivity contribution in [2.75, 3.05) is 137 Å². The smallest absolute Gasteiger partial charge is 0.200 e. The van der Waals surface area contributed by atoms with E-state index in [9.17, 15) is 23.1 Å². The van der Waals surface area contributed by atoms with Crippen LogP contribution >= 0.6 is 20.2 Å². The first-order valence-electron chi connectivity index (χ1n) is 28.2. The molecule has 90 heavy (non-hydrogen) atoms. The second kappa shape index (κ2) is 45.7. The third-order valence-electron chi connectivity index (χ3n) is 13.5. The number of methoxy groups -OCH3 is 10. The molecule has 0 aromatic carbocycles. The molecule has 516 valence electrons. The van der Waals surface area contributed by atoms with Gasteiger partial charge in [-0.1, -0.05) is 58.7 Å². The van der Waals surface area contributed by atoms with E-state index in [-0.39, 0.29) is 47.1 Å². The summed E-state index contributed by atoms with van der Waals surface area (Å²) in [5.74, 6) is 0. The zero-order chi connectivity index (χ0) is 67.4. The van der Waals surface area contributed by atoms with E-state index in [1.54, 1.807) is 14.2 Å². The largest absolute Gasteiger partial charge is 0.780 e. The lowest BCUT2D eigenvalue weighted by Gasteiger charge is -2.35. The lowest BCUT2D eigenvalue weighted by molar-refractivity contribution is -0.219.